The Morgan fingerprint density at radius 1 is 0.905 bits per heavy atom. The number of aromatic nitrogens is 2. The van der Waals surface area contributed by atoms with Crippen LogP contribution in [0, 0.1) is 5.82 Å². The van der Waals surface area contributed by atoms with E-state index in [-0.39, 0.29) is 34.0 Å². The third-order valence-electron chi connectivity index (χ3n) is 6.39. The molecule has 1 aromatic heterocycles. The molecule has 1 aliphatic heterocycles. The molecular weight excluding hydrogens is 575 g/mol. The van der Waals surface area contributed by atoms with E-state index in [1.165, 1.54) is 22.6 Å². The van der Waals surface area contributed by atoms with E-state index in [4.69, 9.17) is 4.74 Å². The van der Waals surface area contributed by atoms with Crippen LogP contribution in [-0.4, -0.2) is 30.0 Å². The van der Waals surface area contributed by atoms with Gasteiger partial charge in [0, 0.05) is 11.3 Å². The van der Waals surface area contributed by atoms with Crippen LogP contribution >= 0.6 is 11.8 Å². The molecule has 8 nitrogen and oxygen atoms in total. The quantitative estimate of drug-likeness (QED) is 0.160. The van der Waals surface area contributed by atoms with E-state index in [2.05, 4.69) is 15.3 Å². The van der Waals surface area contributed by atoms with Crippen molar-refractivity contribution in [3.05, 3.63) is 121 Å². The smallest absolute Gasteiger partial charge is 0.268 e. The molecule has 6 rings (SSSR count). The summed E-state index contributed by atoms with van der Waals surface area (Å²) in [5.74, 6) is 0.651. The van der Waals surface area contributed by atoms with Crippen molar-refractivity contribution in [1.29, 1.82) is 0 Å². The minimum Gasteiger partial charge on any atom is -0.457 e. The third kappa shape index (κ3) is 5.83. The number of amides is 1. The number of anilines is 2. The van der Waals surface area contributed by atoms with Crippen LogP contribution < -0.4 is 14.4 Å². The van der Waals surface area contributed by atoms with Crippen molar-refractivity contribution in [2.75, 3.05) is 15.4 Å². The van der Waals surface area contributed by atoms with Crippen molar-refractivity contribution in [3.8, 4) is 22.8 Å². The van der Waals surface area contributed by atoms with Gasteiger partial charge in [-0.3, -0.25) is 9.10 Å². The molecule has 0 atom stereocenters. The van der Waals surface area contributed by atoms with Crippen LogP contribution in [-0.2, 0) is 21.4 Å². The Bertz CT molecular complexity index is 1870. The Hall–Kier alpha value is -4.74. The summed E-state index contributed by atoms with van der Waals surface area (Å²) in [6, 6.07) is 29.2. The molecule has 0 fully saturated rings. The Kier molecular flexibility index (Phi) is 7.60. The summed E-state index contributed by atoms with van der Waals surface area (Å²) in [6.45, 7) is -0.0490. The molecule has 0 spiro atoms. The monoisotopic (exact) mass is 598 g/mol. The Morgan fingerprint density at radius 3 is 2.43 bits per heavy atom. The number of hydrogen-bond donors (Lipinski definition) is 1. The first kappa shape index (κ1) is 27.4. The maximum absolute atomic E-state index is 13.8. The number of rotatable bonds is 8. The second-order valence-electron chi connectivity index (χ2n) is 9.30. The number of nitrogens with one attached hydrogen (secondary N) is 1. The Balaban J connectivity index is 1.16. The molecule has 42 heavy (non-hydrogen) atoms. The lowest BCUT2D eigenvalue weighted by Gasteiger charge is -2.31. The summed E-state index contributed by atoms with van der Waals surface area (Å²) in [5, 5.41) is 3.09. The van der Waals surface area contributed by atoms with Gasteiger partial charge in [0.05, 0.1) is 29.9 Å². The first-order chi connectivity index (χ1) is 20.4. The molecule has 210 valence electrons. The molecule has 0 saturated carbocycles. The lowest BCUT2D eigenvalue weighted by atomic mass is 10.1. The lowest BCUT2D eigenvalue weighted by molar-refractivity contribution is -0.113. The van der Waals surface area contributed by atoms with Crippen LogP contribution in [0.2, 0.25) is 0 Å². The van der Waals surface area contributed by atoms with Gasteiger partial charge in [0.1, 0.15) is 22.2 Å². The molecular formula is C31H23FN4O4S2. The summed E-state index contributed by atoms with van der Waals surface area (Å²) in [7, 11) is -4.03. The van der Waals surface area contributed by atoms with E-state index < -0.39 is 15.8 Å². The highest BCUT2D eigenvalue weighted by Crippen LogP contribution is 2.42. The number of halogens is 1. The minimum atomic E-state index is -4.03. The van der Waals surface area contributed by atoms with Crippen molar-refractivity contribution < 1.29 is 22.3 Å². The lowest BCUT2D eigenvalue weighted by Crippen LogP contribution is -2.34. The standard InChI is InChI=1S/C31H23FN4O4S2/c32-22-8-6-7-21(17-22)19-36-27-12-5-4-11-26(27)30-28(42(36,38)39)18-33-31(35-30)41-20-29(37)34-23-13-15-25(16-14-23)40-24-9-2-1-3-10-24/h1-18H,19-20H2,(H,34,37). The van der Waals surface area contributed by atoms with Crippen molar-refractivity contribution in [2.45, 2.75) is 16.6 Å². The number of ether oxygens (including phenoxy) is 1. The van der Waals surface area contributed by atoms with E-state index in [0.717, 1.165) is 11.8 Å². The van der Waals surface area contributed by atoms with E-state index >= 15 is 0 Å². The Morgan fingerprint density at radius 2 is 1.64 bits per heavy atom. The first-order valence-corrected chi connectivity index (χ1v) is 15.3. The van der Waals surface area contributed by atoms with Gasteiger partial charge in [0.25, 0.3) is 10.0 Å². The number of carbonyl (C=O) groups is 1. The van der Waals surface area contributed by atoms with Gasteiger partial charge in [-0.1, -0.05) is 60.3 Å². The van der Waals surface area contributed by atoms with E-state index in [1.807, 2.05) is 30.3 Å². The number of sulfonamides is 1. The van der Waals surface area contributed by atoms with Gasteiger partial charge in [-0.05, 0) is 60.2 Å². The highest BCUT2D eigenvalue weighted by atomic mass is 32.2. The third-order valence-corrected chi connectivity index (χ3v) is 9.02. The average molecular weight is 599 g/mol. The van der Waals surface area contributed by atoms with Crippen LogP contribution in [0.1, 0.15) is 5.56 Å². The topological polar surface area (TPSA) is 101 Å². The molecule has 5 aromatic rings. The molecule has 1 amide bonds. The number of fused-ring (bicyclic) bond motifs is 3. The van der Waals surface area contributed by atoms with Gasteiger partial charge >= 0.3 is 0 Å². The summed E-state index contributed by atoms with van der Waals surface area (Å²) >= 11 is 1.10. The predicted octanol–water partition coefficient (Wildman–Crippen LogP) is 6.51. The number of nitrogens with zero attached hydrogens (tertiary/aromatic N) is 3. The molecule has 0 bridgehead atoms. The number of thioether (sulfide) groups is 1. The second-order valence-corrected chi connectivity index (χ2v) is 12.1. The van der Waals surface area contributed by atoms with Gasteiger partial charge in [0.15, 0.2) is 5.16 Å². The normalized spacial score (nSPS) is 13.1. The Labute approximate surface area is 246 Å². The van der Waals surface area contributed by atoms with Crippen molar-refractivity contribution >= 4 is 39.1 Å². The van der Waals surface area contributed by atoms with Crippen LogP contribution in [0.5, 0.6) is 11.5 Å². The molecule has 0 unspecified atom stereocenters. The maximum atomic E-state index is 13.8. The molecule has 0 saturated heterocycles. The molecule has 0 aliphatic carbocycles. The first-order valence-electron chi connectivity index (χ1n) is 12.9. The summed E-state index contributed by atoms with van der Waals surface area (Å²) in [6.07, 6.45) is 1.26. The van der Waals surface area contributed by atoms with Gasteiger partial charge < -0.3 is 10.1 Å². The zero-order chi connectivity index (χ0) is 29.1. The molecule has 4 aromatic carbocycles. The van der Waals surface area contributed by atoms with Crippen LogP contribution in [0.3, 0.4) is 0 Å². The van der Waals surface area contributed by atoms with Gasteiger partial charge in [0.2, 0.25) is 5.91 Å². The summed E-state index contributed by atoms with van der Waals surface area (Å²) < 4.78 is 48.1. The fourth-order valence-corrected chi connectivity index (χ4v) is 6.65. The molecule has 1 N–H and O–H groups in total. The molecule has 1 aliphatic rings. The largest absolute Gasteiger partial charge is 0.457 e. The fraction of sp³-hybridized carbons (Fsp3) is 0.0645. The second kappa shape index (κ2) is 11.6. The van der Waals surface area contributed by atoms with Crippen molar-refractivity contribution in [1.82, 2.24) is 9.97 Å². The zero-order valence-electron chi connectivity index (χ0n) is 22.0. The summed E-state index contributed by atoms with van der Waals surface area (Å²) in [5.41, 5.74) is 2.40. The highest BCUT2D eigenvalue weighted by Gasteiger charge is 2.36. The van der Waals surface area contributed by atoms with Crippen molar-refractivity contribution in [3.63, 3.8) is 0 Å². The van der Waals surface area contributed by atoms with Crippen LogP contribution in [0.4, 0.5) is 15.8 Å². The minimum absolute atomic E-state index is 0.0150. The van der Waals surface area contributed by atoms with Crippen LogP contribution in [0.25, 0.3) is 11.3 Å². The molecule has 11 heteroatoms. The van der Waals surface area contributed by atoms with Gasteiger partial charge in [-0.15, -0.1) is 0 Å². The average Bonchev–Trinajstić information content (AvgIpc) is 3.00. The number of benzene rings is 4. The summed E-state index contributed by atoms with van der Waals surface area (Å²) in [4.78, 5) is 21.4. The molecule has 2 heterocycles. The number of para-hydroxylation sites is 2. The van der Waals surface area contributed by atoms with E-state index in [1.54, 1.807) is 60.7 Å². The van der Waals surface area contributed by atoms with Crippen molar-refractivity contribution in [2.24, 2.45) is 0 Å². The SMILES string of the molecule is O=C(CSc1ncc2c(n1)-c1ccccc1N(Cc1cccc(F)c1)S2(=O)=O)Nc1ccc(Oc2ccccc2)cc1. The van der Waals surface area contributed by atoms with E-state index in [0.29, 0.717) is 34.0 Å². The highest BCUT2D eigenvalue weighted by molar-refractivity contribution is 7.99. The van der Waals surface area contributed by atoms with Crippen LogP contribution in [0.15, 0.2) is 119 Å². The zero-order valence-corrected chi connectivity index (χ0v) is 23.6. The predicted molar refractivity (Wildman–Crippen MR) is 160 cm³/mol. The fourth-order valence-electron chi connectivity index (χ4n) is 4.47. The van der Waals surface area contributed by atoms with Gasteiger partial charge in [-0.25, -0.2) is 22.8 Å². The van der Waals surface area contributed by atoms with Gasteiger partial charge in [-0.2, -0.15) is 0 Å². The number of carbonyl (C=O) groups excluding carboxylic acids is 1. The number of hydrogen-bond acceptors (Lipinski definition) is 7. The van der Waals surface area contributed by atoms with E-state index in [9.17, 15) is 17.6 Å². The maximum Gasteiger partial charge on any atom is 0.268 e. The molecule has 0 radical (unpaired) electrons.